The van der Waals surface area contributed by atoms with E-state index < -0.39 is 35.9 Å². The molecule has 1 aliphatic carbocycles. The molecule has 0 amide bonds. The van der Waals surface area contributed by atoms with Gasteiger partial charge in [0.15, 0.2) is 6.29 Å². The Kier molecular flexibility index (Phi) is 23.7. The van der Waals surface area contributed by atoms with Gasteiger partial charge in [0, 0.05) is 25.1 Å². The van der Waals surface area contributed by atoms with Crippen molar-refractivity contribution in [3.63, 3.8) is 0 Å². The first-order valence-electron chi connectivity index (χ1n) is 13.5. The molecule has 2 N–H and O–H groups in total. The normalized spacial score (nSPS) is 29.6. The van der Waals surface area contributed by atoms with Gasteiger partial charge in [-0.25, -0.2) is 4.79 Å². The van der Waals surface area contributed by atoms with Crippen molar-refractivity contribution >= 4 is 30.5 Å². The van der Waals surface area contributed by atoms with Gasteiger partial charge in [-0.05, 0) is 52.5 Å². The number of carbonyl (C=O) groups is 3. The van der Waals surface area contributed by atoms with E-state index in [1.165, 1.54) is 11.6 Å². The second-order valence-electron chi connectivity index (χ2n) is 10.7. The molecule has 11 nitrogen and oxygen atoms in total. The number of aliphatic hydroxyl groups is 1. The Balaban J connectivity index is 0. The molecule has 2 saturated heterocycles. The van der Waals surface area contributed by atoms with Gasteiger partial charge < -0.3 is 61.6 Å². The van der Waals surface area contributed by atoms with Gasteiger partial charge in [0.1, 0.15) is 5.60 Å². The summed E-state index contributed by atoms with van der Waals surface area (Å²) in [5.74, 6) is -3.98. The topological polar surface area (TPSA) is 181 Å². The third kappa shape index (κ3) is 15.8. The first-order valence-corrected chi connectivity index (χ1v) is 14.0. The van der Waals surface area contributed by atoms with Crippen LogP contribution in [0.1, 0.15) is 46.5 Å². The van der Waals surface area contributed by atoms with Gasteiger partial charge >= 0.3 is 87.5 Å². The molecule has 3 rings (SSSR count). The van der Waals surface area contributed by atoms with Crippen molar-refractivity contribution in [2.24, 2.45) is 5.92 Å². The summed E-state index contributed by atoms with van der Waals surface area (Å²) in [5.41, 5.74) is 0.713. The summed E-state index contributed by atoms with van der Waals surface area (Å²) >= 11 is 4.15. The number of methoxy groups -OCH3 is 1. The summed E-state index contributed by atoms with van der Waals surface area (Å²) in [4.78, 5) is 29.8. The standard InChI is InChI=1S/C26H36O7.C4H6O4S.Au.2Na/c1-18(2)13-14-20-25(3,33-20)24-23(30-4)19(15-16-26(24)17-31-26)32-22(29)12-10-8-6-5-7-9-11-21(27)28;5-3(6)1-2(9)4(7)8;;;/h5-13,19-20,22-24,29H,14-17H2,1-4H3,(H,27,28);2,9H,1H2,(H,5,6)(H,7,8);;;/q;;3*+1/p-3/b7-5+,8-6+,11-9+,12-10+;;;;/t19-,20-,22?,23-,24-,25+,26+;;;;/m1..../s1. The van der Waals surface area contributed by atoms with Crippen LogP contribution in [0.3, 0.4) is 0 Å². The van der Waals surface area contributed by atoms with E-state index in [2.05, 4.69) is 39.5 Å². The minimum atomic E-state index is -1.55. The van der Waals surface area contributed by atoms with Crippen molar-refractivity contribution in [3.8, 4) is 0 Å². The van der Waals surface area contributed by atoms with Crippen LogP contribution in [0.25, 0.3) is 0 Å². The number of aliphatic hydroxyl groups excluding tert-OH is 1. The van der Waals surface area contributed by atoms with Crippen LogP contribution in [0.5, 0.6) is 0 Å². The Hall–Kier alpha value is 0.000260. The average Bonchev–Trinajstić information content (AvgIpc) is 3.82. The molecule has 244 valence electrons. The van der Waals surface area contributed by atoms with Crippen molar-refractivity contribution in [1.82, 2.24) is 0 Å². The molecule has 45 heavy (non-hydrogen) atoms. The molecule has 1 spiro atoms. The fourth-order valence-electron chi connectivity index (χ4n) is 5.10. The van der Waals surface area contributed by atoms with Gasteiger partial charge in [0.25, 0.3) is 0 Å². The fraction of sp³-hybridized carbons (Fsp3) is 0.567. The van der Waals surface area contributed by atoms with Gasteiger partial charge in [-0.3, -0.25) is 0 Å². The Labute approximate surface area is 330 Å². The number of allylic oxidation sites excluding steroid dienone is 7. The van der Waals surface area contributed by atoms with Crippen LogP contribution in [-0.4, -0.2) is 82.9 Å². The molecule has 8 atom stereocenters. The first-order chi connectivity index (χ1) is 19.8. The van der Waals surface area contributed by atoms with Gasteiger partial charge in [-0.1, -0.05) is 48.1 Å². The zero-order valence-corrected chi connectivity index (χ0v) is 33.5. The van der Waals surface area contributed by atoms with E-state index >= 15 is 0 Å². The Morgan fingerprint density at radius 2 is 1.67 bits per heavy atom. The van der Waals surface area contributed by atoms with Crippen molar-refractivity contribution < 1.29 is 135 Å². The zero-order valence-electron chi connectivity index (χ0n) is 26.5. The number of rotatable bonds is 14. The van der Waals surface area contributed by atoms with Crippen LogP contribution in [-0.2, 0) is 68.3 Å². The maximum Gasteiger partial charge on any atom is 1.00 e. The Morgan fingerprint density at radius 1 is 1.09 bits per heavy atom. The van der Waals surface area contributed by atoms with Crippen molar-refractivity contribution in [1.29, 1.82) is 0 Å². The van der Waals surface area contributed by atoms with E-state index in [-0.39, 0.29) is 117 Å². The van der Waals surface area contributed by atoms with E-state index in [1.54, 1.807) is 43.6 Å². The van der Waals surface area contributed by atoms with Crippen LogP contribution in [0.2, 0.25) is 0 Å². The summed E-state index contributed by atoms with van der Waals surface area (Å²) in [6, 6.07) is 0. The number of hydrogen-bond donors (Lipinski definition) is 2. The van der Waals surface area contributed by atoms with Gasteiger partial charge in [-0.15, -0.1) is 5.25 Å². The third-order valence-corrected chi connectivity index (χ3v) is 7.60. The molecule has 0 aromatic rings. The smallest absolute Gasteiger partial charge is 0.783 e. The van der Waals surface area contributed by atoms with Gasteiger partial charge in [0.05, 0.1) is 36.4 Å². The minimum Gasteiger partial charge on any atom is -0.783 e. The van der Waals surface area contributed by atoms with Crippen molar-refractivity contribution in [3.05, 3.63) is 60.3 Å². The summed E-state index contributed by atoms with van der Waals surface area (Å²) in [5, 5.41) is 36.9. The van der Waals surface area contributed by atoms with Gasteiger partial charge in [-0.2, -0.15) is 0 Å². The van der Waals surface area contributed by atoms with Crippen LogP contribution in [0.15, 0.2) is 60.3 Å². The fourth-order valence-corrected chi connectivity index (χ4v) is 5.24. The number of carbonyl (C=O) groups excluding carboxylic acids is 2. The Morgan fingerprint density at radius 3 is 2.13 bits per heavy atom. The maximum absolute atomic E-state index is 10.4. The summed E-state index contributed by atoms with van der Waals surface area (Å²) < 4.78 is 24.0. The van der Waals surface area contributed by atoms with E-state index in [0.717, 1.165) is 25.3 Å². The van der Waals surface area contributed by atoms with E-state index in [4.69, 9.17) is 24.1 Å². The quantitative estimate of drug-likeness (QED) is 0.0323. The molecule has 3 fully saturated rings. The molecular weight excluding hydrogens is 811 g/mol. The van der Waals surface area contributed by atoms with E-state index in [9.17, 15) is 29.7 Å². The number of carboxylic acids is 3. The number of hydrogen-bond acceptors (Lipinski definition) is 11. The molecule has 2 unspecified atom stereocenters. The monoisotopic (exact) mass is 850 g/mol. The van der Waals surface area contributed by atoms with Crippen LogP contribution < -0.4 is 69.3 Å². The van der Waals surface area contributed by atoms with Gasteiger partial charge in [0.2, 0.25) is 0 Å². The predicted octanol–water partition coefficient (Wildman–Crippen LogP) is -5.50. The van der Waals surface area contributed by atoms with Crippen LogP contribution >= 0.6 is 0 Å². The molecule has 0 aromatic carbocycles. The molecule has 2 aliphatic heterocycles. The molecule has 3 aliphatic rings. The molecule has 15 heteroatoms. The first kappa shape index (κ1) is 47.1. The SMILES string of the molecule is CO[C@@H]1[C@H](OC(O)/C=C/C=C/C=C/C=C/C(=O)O)CC[C@]2(CO2)[C@H]1[C@@]1(C)O[C@@H]1CC=C(C)C.O=C([O-])CC([S-])C(=O)[O-].[Au+].[Na+].[Na+]. The average molecular weight is 851 g/mol. The summed E-state index contributed by atoms with van der Waals surface area (Å²) in [6.07, 6.45) is 15.0. The van der Waals surface area contributed by atoms with Crippen LogP contribution in [0.4, 0.5) is 0 Å². The largest absolute Gasteiger partial charge is 1.00 e. The third-order valence-electron chi connectivity index (χ3n) is 7.24. The second kappa shape index (κ2) is 22.6. The number of carboxylic acid groups (broad SMARTS) is 3. The molecular formula is C30H39AuNa2O11S. The Bertz CT molecular complexity index is 1110. The second-order valence-corrected chi connectivity index (χ2v) is 11.2. The number of epoxide rings is 2. The maximum atomic E-state index is 10.4. The molecule has 1 saturated carbocycles. The predicted molar refractivity (Wildman–Crippen MR) is 150 cm³/mol. The van der Waals surface area contributed by atoms with Crippen molar-refractivity contribution in [2.75, 3.05) is 13.7 Å². The van der Waals surface area contributed by atoms with Crippen LogP contribution in [0, 0.1) is 5.92 Å². The molecule has 2 heterocycles. The van der Waals surface area contributed by atoms with E-state index in [1.807, 2.05) is 0 Å². The summed E-state index contributed by atoms with van der Waals surface area (Å²) in [6.45, 7) is 7.02. The number of ether oxygens (including phenoxy) is 4. The molecule has 0 radical (unpaired) electrons. The summed E-state index contributed by atoms with van der Waals surface area (Å²) in [7, 11) is 1.68. The number of aliphatic carboxylic acids is 3. The zero-order chi connectivity index (χ0) is 31.5. The van der Waals surface area contributed by atoms with Crippen molar-refractivity contribution in [2.45, 2.75) is 87.5 Å². The molecule has 0 bridgehead atoms. The minimum absolute atomic E-state index is 0. The molecule has 0 aromatic heterocycles. The van der Waals surface area contributed by atoms with E-state index in [0.29, 0.717) is 6.61 Å².